The second-order valence-electron chi connectivity index (χ2n) is 3.82. The van der Waals surface area contributed by atoms with E-state index in [4.69, 9.17) is 5.11 Å². The van der Waals surface area contributed by atoms with E-state index < -0.39 is 17.9 Å². The van der Waals surface area contributed by atoms with Gasteiger partial charge in [-0.1, -0.05) is 13.3 Å². The highest BCUT2D eigenvalue weighted by Gasteiger charge is 2.19. The first kappa shape index (κ1) is 14.7. The van der Waals surface area contributed by atoms with Crippen LogP contribution in [0.1, 0.15) is 30.1 Å². The Hall–Kier alpha value is -1.31. The number of carboxylic acid groups (broad SMARTS) is 1. The van der Waals surface area contributed by atoms with Crippen LogP contribution in [0, 0.1) is 3.57 Å². The fourth-order valence-corrected chi connectivity index (χ4v) is 1.78. The van der Waals surface area contributed by atoms with Crippen molar-refractivity contribution >= 4 is 34.5 Å². The van der Waals surface area contributed by atoms with Crippen molar-refractivity contribution in [2.24, 2.45) is 0 Å². The Bertz CT molecular complexity index is 461. The SMILES string of the molecule is CCC[C@@H](NC(=O)c1ccc(I)c(O)c1)C(=O)O. The molecule has 0 fully saturated rings. The van der Waals surface area contributed by atoms with Crippen molar-refractivity contribution in [2.45, 2.75) is 25.8 Å². The van der Waals surface area contributed by atoms with Gasteiger partial charge in [-0.15, -0.1) is 0 Å². The van der Waals surface area contributed by atoms with Gasteiger partial charge in [0.2, 0.25) is 0 Å². The third kappa shape index (κ3) is 3.86. The van der Waals surface area contributed by atoms with Gasteiger partial charge in [0.15, 0.2) is 0 Å². The number of carboxylic acids is 1. The number of hydrogen-bond donors (Lipinski definition) is 3. The molecular formula is C12H14INO4. The fraction of sp³-hybridized carbons (Fsp3) is 0.333. The summed E-state index contributed by atoms with van der Waals surface area (Å²) >= 11 is 1.94. The lowest BCUT2D eigenvalue weighted by Gasteiger charge is -2.13. The maximum atomic E-state index is 11.8. The Morgan fingerprint density at radius 2 is 2.11 bits per heavy atom. The van der Waals surface area contributed by atoms with Gasteiger partial charge in [-0.2, -0.15) is 0 Å². The molecule has 6 heteroatoms. The van der Waals surface area contributed by atoms with Crippen molar-refractivity contribution in [2.75, 3.05) is 0 Å². The van der Waals surface area contributed by atoms with E-state index in [2.05, 4.69) is 5.32 Å². The highest BCUT2D eigenvalue weighted by molar-refractivity contribution is 14.1. The Labute approximate surface area is 118 Å². The zero-order valence-electron chi connectivity index (χ0n) is 9.81. The number of hydrogen-bond acceptors (Lipinski definition) is 3. The number of carbonyl (C=O) groups is 2. The van der Waals surface area contributed by atoms with Gasteiger partial charge in [-0.25, -0.2) is 4.79 Å². The number of rotatable bonds is 5. The van der Waals surface area contributed by atoms with Crippen LogP contribution in [0.3, 0.4) is 0 Å². The van der Waals surface area contributed by atoms with E-state index in [1.54, 1.807) is 12.1 Å². The predicted octanol–water partition coefficient (Wildman–Crippen LogP) is 1.98. The molecule has 1 rings (SSSR count). The molecule has 0 aliphatic carbocycles. The Morgan fingerprint density at radius 1 is 1.44 bits per heavy atom. The van der Waals surface area contributed by atoms with Gasteiger partial charge in [0.1, 0.15) is 11.8 Å². The van der Waals surface area contributed by atoms with E-state index >= 15 is 0 Å². The molecule has 1 atom stereocenters. The lowest BCUT2D eigenvalue weighted by Crippen LogP contribution is -2.40. The highest BCUT2D eigenvalue weighted by Crippen LogP contribution is 2.20. The predicted molar refractivity (Wildman–Crippen MR) is 74.6 cm³/mol. The van der Waals surface area contributed by atoms with E-state index in [9.17, 15) is 14.7 Å². The van der Waals surface area contributed by atoms with Gasteiger partial charge in [0.05, 0.1) is 3.57 Å². The van der Waals surface area contributed by atoms with E-state index in [-0.39, 0.29) is 11.3 Å². The summed E-state index contributed by atoms with van der Waals surface area (Å²) in [6, 6.07) is 3.56. The van der Waals surface area contributed by atoms with Gasteiger partial charge in [0, 0.05) is 5.56 Å². The number of aromatic hydroxyl groups is 1. The van der Waals surface area contributed by atoms with Crippen LogP contribution in [0.15, 0.2) is 18.2 Å². The van der Waals surface area contributed by atoms with Crippen molar-refractivity contribution in [3.05, 3.63) is 27.3 Å². The number of carbonyl (C=O) groups excluding carboxylic acids is 1. The quantitative estimate of drug-likeness (QED) is 0.699. The summed E-state index contributed by atoms with van der Waals surface area (Å²) in [5.41, 5.74) is 0.246. The number of phenolic OH excluding ortho intramolecular Hbond substituents is 1. The number of benzene rings is 1. The van der Waals surface area contributed by atoms with Crippen LogP contribution in [0.4, 0.5) is 0 Å². The molecule has 0 saturated carbocycles. The monoisotopic (exact) mass is 363 g/mol. The van der Waals surface area contributed by atoms with Crippen LogP contribution in [0.2, 0.25) is 0 Å². The number of phenols is 1. The molecule has 0 aromatic heterocycles. The Morgan fingerprint density at radius 3 is 2.61 bits per heavy atom. The Balaban J connectivity index is 2.80. The topological polar surface area (TPSA) is 86.6 Å². The van der Waals surface area contributed by atoms with Crippen LogP contribution in [0.25, 0.3) is 0 Å². The third-order valence-electron chi connectivity index (χ3n) is 2.39. The number of aliphatic carboxylic acids is 1. The van der Waals surface area contributed by atoms with E-state index in [0.717, 1.165) is 0 Å². The molecule has 0 bridgehead atoms. The highest BCUT2D eigenvalue weighted by atomic mass is 127. The molecular weight excluding hydrogens is 349 g/mol. The molecule has 0 radical (unpaired) electrons. The second-order valence-corrected chi connectivity index (χ2v) is 4.98. The van der Waals surface area contributed by atoms with Crippen LogP contribution < -0.4 is 5.32 Å². The molecule has 18 heavy (non-hydrogen) atoms. The number of nitrogens with one attached hydrogen (secondary N) is 1. The normalized spacial score (nSPS) is 11.9. The summed E-state index contributed by atoms with van der Waals surface area (Å²) in [4.78, 5) is 22.7. The molecule has 0 saturated heterocycles. The summed E-state index contributed by atoms with van der Waals surface area (Å²) in [6.45, 7) is 1.85. The summed E-state index contributed by atoms with van der Waals surface area (Å²) in [5, 5.41) is 20.9. The Kier molecular flexibility index (Phi) is 5.39. The first-order valence-electron chi connectivity index (χ1n) is 5.48. The van der Waals surface area contributed by atoms with Gasteiger partial charge in [-0.05, 0) is 47.2 Å². The average Bonchev–Trinajstić information content (AvgIpc) is 2.31. The smallest absolute Gasteiger partial charge is 0.326 e. The van der Waals surface area contributed by atoms with Crippen molar-refractivity contribution in [3.8, 4) is 5.75 Å². The van der Waals surface area contributed by atoms with Gasteiger partial charge in [-0.3, -0.25) is 4.79 Å². The summed E-state index contributed by atoms with van der Waals surface area (Å²) < 4.78 is 0.632. The summed E-state index contributed by atoms with van der Waals surface area (Å²) in [6.07, 6.45) is 1.03. The maximum absolute atomic E-state index is 11.8. The number of halogens is 1. The molecule has 0 heterocycles. The molecule has 0 unspecified atom stereocenters. The van der Waals surface area contributed by atoms with Crippen LogP contribution >= 0.6 is 22.6 Å². The molecule has 5 nitrogen and oxygen atoms in total. The van der Waals surface area contributed by atoms with E-state index in [1.807, 2.05) is 29.5 Å². The fourth-order valence-electron chi connectivity index (χ4n) is 1.44. The zero-order valence-corrected chi connectivity index (χ0v) is 12.0. The third-order valence-corrected chi connectivity index (χ3v) is 3.30. The van der Waals surface area contributed by atoms with Gasteiger partial charge >= 0.3 is 5.97 Å². The van der Waals surface area contributed by atoms with Crippen molar-refractivity contribution < 1.29 is 19.8 Å². The van der Waals surface area contributed by atoms with Crippen LogP contribution in [-0.2, 0) is 4.79 Å². The lowest BCUT2D eigenvalue weighted by atomic mass is 10.1. The molecule has 98 valence electrons. The van der Waals surface area contributed by atoms with E-state index in [1.165, 1.54) is 6.07 Å². The van der Waals surface area contributed by atoms with E-state index in [0.29, 0.717) is 16.4 Å². The minimum absolute atomic E-state index is 0.00520. The molecule has 0 aliphatic rings. The van der Waals surface area contributed by atoms with Gasteiger partial charge < -0.3 is 15.5 Å². The van der Waals surface area contributed by atoms with Crippen LogP contribution in [-0.4, -0.2) is 28.1 Å². The number of amides is 1. The average molecular weight is 363 g/mol. The van der Waals surface area contributed by atoms with Crippen molar-refractivity contribution in [1.29, 1.82) is 0 Å². The molecule has 3 N–H and O–H groups in total. The molecule has 1 aromatic rings. The summed E-state index contributed by atoms with van der Waals surface area (Å²) in [7, 11) is 0. The lowest BCUT2D eigenvalue weighted by molar-refractivity contribution is -0.139. The maximum Gasteiger partial charge on any atom is 0.326 e. The minimum atomic E-state index is -1.06. The molecule has 1 amide bonds. The summed E-state index contributed by atoms with van der Waals surface area (Å²) in [5.74, 6) is -1.55. The largest absolute Gasteiger partial charge is 0.507 e. The van der Waals surface area contributed by atoms with Crippen molar-refractivity contribution in [1.82, 2.24) is 5.32 Å². The molecule has 0 spiro atoms. The molecule has 0 aliphatic heterocycles. The standard InChI is InChI=1S/C12H14INO4/c1-2-3-9(12(17)18)14-11(16)7-4-5-8(13)10(15)6-7/h4-6,9,15H,2-3H2,1H3,(H,14,16)(H,17,18)/t9-/m1/s1. The minimum Gasteiger partial charge on any atom is -0.507 e. The van der Waals surface area contributed by atoms with Gasteiger partial charge in [0.25, 0.3) is 5.91 Å². The second kappa shape index (κ2) is 6.58. The first-order valence-corrected chi connectivity index (χ1v) is 6.55. The van der Waals surface area contributed by atoms with Crippen LogP contribution in [0.5, 0.6) is 5.75 Å². The zero-order chi connectivity index (χ0) is 13.7. The molecule has 1 aromatic carbocycles. The van der Waals surface area contributed by atoms with Crippen molar-refractivity contribution in [3.63, 3.8) is 0 Å². The first-order chi connectivity index (χ1) is 8.45.